The normalized spacial score (nSPS) is 18.5. The minimum atomic E-state index is 0.755. The van der Waals surface area contributed by atoms with E-state index in [1.807, 2.05) is 12.4 Å². The summed E-state index contributed by atoms with van der Waals surface area (Å²) in [6, 6.07) is 15.1. The lowest BCUT2D eigenvalue weighted by Gasteiger charge is -2.15. The molecule has 4 rings (SSSR count). The van der Waals surface area contributed by atoms with Gasteiger partial charge in [0.2, 0.25) is 0 Å². The van der Waals surface area contributed by atoms with E-state index < -0.39 is 0 Å². The van der Waals surface area contributed by atoms with Gasteiger partial charge >= 0.3 is 0 Å². The van der Waals surface area contributed by atoms with Crippen LogP contribution in [0, 0.1) is 0 Å². The van der Waals surface area contributed by atoms with Crippen molar-refractivity contribution >= 4 is 33.4 Å². The van der Waals surface area contributed by atoms with Gasteiger partial charge in [-0.25, -0.2) is 0 Å². The van der Waals surface area contributed by atoms with Crippen LogP contribution in [0.25, 0.3) is 5.57 Å². The average Bonchev–Trinajstić information content (AvgIpc) is 3.14. The number of likely N-dealkylation sites (tertiary alicyclic amines) is 1. The molecule has 25 heavy (non-hydrogen) atoms. The fourth-order valence-electron chi connectivity index (χ4n) is 3.45. The van der Waals surface area contributed by atoms with Crippen LogP contribution in [0.4, 0.5) is 5.69 Å². The Bertz CT molecular complexity index is 802. The molecule has 128 valence electrons. The molecule has 0 bridgehead atoms. The second-order valence-electron chi connectivity index (χ2n) is 6.70. The highest BCUT2D eigenvalue weighted by atomic mass is 79.9. The molecule has 0 unspecified atom stereocenters. The van der Waals surface area contributed by atoms with E-state index in [2.05, 4.69) is 73.6 Å². The summed E-state index contributed by atoms with van der Waals surface area (Å²) in [7, 11) is 0. The maximum absolute atomic E-state index is 4.46. The van der Waals surface area contributed by atoms with Crippen LogP contribution in [0.15, 0.2) is 58.1 Å². The summed E-state index contributed by atoms with van der Waals surface area (Å²) in [5.74, 6) is 0. The summed E-state index contributed by atoms with van der Waals surface area (Å²) in [5.41, 5.74) is 6.10. The summed E-state index contributed by atoms with van der Waals surface area (Å²) in [6.07, 6.45) is 6.67. The van der Waals surface area contributed by atoms with Crippen LogP contribution in [-0.2, 0) is 13.1 Å². The van der Waals surface area contributed by atoms with Crippen LogP contribution in [0.2, 0.25) is 0 Å². The molecular weight excluding hydrogens is 374 g/mol. The first-order chi connectivity index (χ1) is 12.3. The van der Waals surface area contributed by atoms with E-state index in [0.29, 0.717) is 0 Å². The van der Waals surface area contributed by atoms with Crippen molar-refractivity contribution in [2.24, 2.45) is 4.99 Å². The van der Waals surface area contributed by atoms with E-state index in [0.717, 1.165) is 28.8 Å². The van der Waals surface area contributed by atoms with E-state index in [1.54, 1.807) is 0 Å². The number of aliphatic imine (C=N–C) groups is 1. The molecule has 2 aromatic rings. The average molecular weight is 396 g/mol. The number of halogens is 1. The molecule has 2 aliphatic heterocycles. The lowest BCUT2D eigenvalue weighted by molar-refractivity contribution is 0.331. The maximum Gasteiger partial charge on any atom is 0.0646 e. The summed E-state index contributed by atoms with van der Waals surface area (Å²) >= 11 is 3.56. The summed E-state index contributed by atoms with van der Waals surface area (Å²) in [6.45, 7) is 4.29. The number of nitrogens with zero attached hydrogens (tertiary/aromatic N) is 2. The highest BCUT2D eigenvalue weighted by molar-refractivity contribution is 9.10. The Morgan fingerprint density at radius 3 is 2.68 bits per heavy atom. The van der Waals surface area contributed by atoms with Crippen molar-refractivity contribution in [3.63, 3.8) is 0 Å². The van der Waals surface area contributed by atoms with Gasteiger partial charge in [0.1, 0.15) is 0 Å². The maximum atomic E-state index is 4.46. The number of anilines is 1. The van der Waals surface area contributed by atoms with Gasteiger partial charge in [-0.3, -0.25) is 9.89 Å². The summed E-state index contributed by atoms with van der Waals surface area (Å²) in [4.78, 5) is 6.98. The van der Waals surface area contributed by atoms with E-state index in [-0.39, 0.29) is 0 Å². The molecule has 0 aromatic heterocycles. The number of benzene rings is 2. The number of hydrogen-bond donors (Lipinski definition) is 1. The van der Waals surface area contributed by atoms with Gasteiger partial charge in [-0.2, -0.15) is 0 Å². The number of nitrogens with one attached hydrogen (secondary N) is 1. The van der Waals surface area contributed by atoms with Crippen LogP contribution in [0.3, 0.4) is 0 Å². The van der Waals surface area contributed by atoms with Crippen molar-refractivity contribution in [2.75, 3.05) is 18.4 Å². The summed E-state index contributed by atoms with van der Waals surface area (Å²) < 4.78 is 1.10. The van der Waals surface area contributed by atoms with Gasteiger partial charge in [-0.15, -0.1) is 0 Å². The first-order valence-electron chi connectivity index (χ1n) is 8.84. The molecule has 1 saturated heterocycles. The monoisotopic (exact) mass is 395 g/mol. The minimum absolute atomic E-state index is 0.755. The third-order valence-electron chi connectivity index (χ3n) is 4.83. The molecule has 1 N–H and O–H groups in total. The largest absolute Gasteiger partial charge is 0.361 e. The fourth-order valence-corrected chi connectivity index (χ4v) is 3.81. The molecular formula is C21H22BrN3. The van der Waals surface area contributed by atoms with Crippen molar-refractivity contribution in [3.8, 4) is 0 Å². The van der Waals surface area contributed by atoms with Crippen molar-refractivity contribution in [2.45, 2.75) is 25.9 Å². The molecule has 0 spiro atoms. The third kappa shape index (κ3) is 4.02. The molecule has 0 amide bonds. The predicted octanol–water partition coefficient (Wildman–Crippen LogP) is 5.08. The Morgan fingerprint density at radius 2 is 1.88 bits per heavy atom. The van der Waals surface area contributed by atoms with Gasteiger partial charge in [0, 0.05) is 34.7 Å². The Labute approximate surface area is 157 Å². The summed E-state index contributed by atoms with van der Waals surface area (Å²) in [5, 5.41) is 3.41. The standard InChI is InChI=1S/C21H22BrN3/c22-19-6-5-17-12-23-13-18(21(17)11-19)14-24-20-7-3-16(4-8-20)15-25-9-1-2-10-25/h3-8,11,13-14,24H,1-2,9-10,12,15H2/b18-14+. The van der Waals surface area contributed by atoms with Gasteiger partial charge in [0.05, 0.1) is 6.54 Å². The number of hydrogen-bond acceptors (Lipinski definition) is 3. The molecule has 3 nitrogen and oxygen atoms in total. The smallest absolute Gasteiger partial charge is 0.0646 e. The zero-order valence-corrected chi connectivity index (χ0v) is 15.8. The zero-order chi connectivity index (χ0) is 17.1. The Balaban J connectivity index is 1.45. The van der Waals surface area contributed by atoms with E-state index in [9.17, 15) is 0 Å². The Kier molecular flexibility index (Phi) is 4.99. The Hall–Kier alpha value is -1.91. The number of rotatable bonds is 4. The van der Waals surface area contributed by atoms with Gasteiger partial charge in [0.25, 0.3) is 0 Å². The molecule has 4 heteroatoms. The number of allylic oxidation sites excluding steroid dienone is 1. The molecule has 0 radical (unpaired) electrons. The quantitative estimate of drug-likeness (QED) is 0.780. The second kappa shape index (κ2) is 7.54. The van der Waals surface area contributed by atoms with Gasteiger partial charge < -0.3 is 5.32 Å². The Morgan fingerprint density at radius 1 is 1.08 bits per heavy atom. The van der Waals surface area contributed by atoms with Crippen molar-refractivity contribution in [1.82, 2.24) is 4.90 Å². The first kappa shape index (κ1) is 16.6. The van der Waals surface area contributed by atoms with Crippen molar-refractivity contribution in [3.05, 3.63) is 69.8 Å². The van der Waals surface area contributed by atoms with Crippen LogP contribution in [-0.4, -0.2) is 24.2 Å². The van der Waals surface area contributed by atoms with Crippen LogP contribution >= 0.6 is 15.9 Å². The fraction of sp³-hybridized carbons (Fsp3) is 0.286. The van der Waals surface area contributed by atoms with Crippen LogP contribution < -0.4 is 5.32 Å². The van der Waals surface area contributed by atoms with E-state index in [4.69, 9.17) is 0 Å². The van der Waals surface area contributed by atoms with E-state index >= 15 is 0 Å². The van der Waals surface area contributed by atoms with E-state index in [1.165, 1.54) is 42.6 Å². The van der Waals surface area contributed by atoms with Gasteiger partial charge in [0.15, 0.2) is 0 Å². The lowest BCUT2D eigenvalue weighted by atomic mass is 9.99. The van der Waals surface area contributed by atoms with Crippen molar-refractivity contribution in [1.29, 1.82) is 0 Å². The molecule has 0 saturated carbocycles. The second-order valence-corrected chi connectivity index (χ2v) is 7.61. The molecule has 1 fully saturated rings. The predicted molar refractivity (Wildman–Crippen MR) is 109 cm³/mol. The third-order valence-corrected chi connectivity index (χ3v) is 5.32. The molecule has 2 aliphatic rings. The molecule has 0 aliphatic carbocycles. The van der Waals surface area contributed by atoms with Crippen LogP contribution in [0.1, 0.15) is 29.5 Å². The SMILES string of the molecule is Brc1ccc2c(c1)/C(=C/Nc1ccc(CN3CCCC3)cc1)C=NC2. The topological polar surface area (TPSA) is 27.6 Å². The highest BCUT2D eigenvalue weighted by Crippen LogP contribution is 2.26. The molecule has 2 aromatic carbocycles. The van der Waals surface area contributed by atoms with Gasteiger partial charge in [-0.05, 0) is 66.9 Å². The van der Waals surface area contributed by atoms with Crippen LogP contribution in [0.5, 0.6) is 0 Å². The minimum Gasteiger partial charge on any atom is -0.361 e. The molecule has 0 atom stereocenters. The van der Waals surface area contributed by atoms with Gasteiger partial charge in [-0.1, -0.05) is 34.1 Å². The van der Waals surface area contributed by atoms with Crippen molar-refractivity contribution < 1.29 is 0 Å². The zero-order valence-electron chi connectivity index (χ0n) is 14.2. The molecule has 2 heterocycles. The highest BCUT2D eigenvalue weighted by Gasteiger charge is 2.12. The first-order valence-corrected chi connectivity index (χ1v) is 9.64. The lowest BCUT2D eigenvalue weighted by Crippen LogP contribution is -2.18. The number of fused-ring (bicyclic) bond motifs is 1.